The number of hydrogen-bond donors (Lipinski definition) is 0. The molecule has 0 atom stereocenters. The molecule has 146 valence electrons. The Bertz CT molecular complexity index is 1020. The minimum atomic E-state index is -3.64. The molecule has 2 aromatic rings. The van der Waals surface area contributed by atoms with E-state index in [0.717, 1.165) is 19.3 Å². The molecule has 0 aliphatic carbocycles. The molecule has 1 fully saturated rings. The highest BCUT2D eigenvalue weighted by Crippen LogP contribution is 2.25. The van der Waals surface area contributed by atoms with Gasteiger partial charge in [-0.15, -0.1) is 0 Å². The van der Waals surface area contributed by atoms with Gasteiger partial charge >= 0.3 is 5.97 Å². The lowest BCUT2D eigenvalue weighted by molar-refractivity contribution is 0.0472. The van der Waals surface area contributed by atoms with Gasteiger partial charge in [-0.2, -0.15) is 9.57 Å². The van der Waals surface area contributed by atoms with Crippen molar-refractivity contribution in [3.8, 4) is 6.07 Å². The van der Waals surface area contributed by atoms with Crippen molar-refractivity contribution >= 4 is 16.0 Å². The quantitative estimate of drug-likeness (QED) is 0.721. The molecule has 1 aliphatic rings. The number of rotatable bonds is 5. The highest BCUT2D eigenvalue weighted by Gasteiger charge is 2.28. The molecule has 6 nitrogen and oxygen atoms in total. The van der Waals surface area contributed by atoms with E-state index in [1.807, 2.05) is 0 Å². The van der Waals surface area contributed by atoms with Gasteiger partial charge in [0, 0.05) is 18.7 Å². The fraction of sp³-hybridized carbons (Fsp3) is 0.333. The summed E-state index contributed by atoms with van der Waals surface area (Å²) in [5.74, 6) is -0.622. The molecular weight excluding hydrogens is 376 g/mol. The highest BCUT2D eigenvalue weighted by atomic mass is 32.2. The van der Waals surface area contributed by atoms with Crippen LogP contribution in [-0.4, -0.2) is 31.8 Å². The van der Waals surface area contributed by atoms with Gasteiger partial charge in [0.2, 0.25) is 10.0 Å². The Morgan fingerprint density at radius 3 is 2.57 bits per heavy atom. The van der Waals surface area contributed by atoms with E-state index < -0.39 is 16.0 Å². The van der Waals surface area contributed by atoms with Crippen molar-refractivity contribution in [3.63, 3.8) is 0 Å². The normalized spacial score (nSPS) is 15.0. The van der Waals surface area contributed by atoms with Crippen molar-refractivity contribution in [1.29, 1.82) is 5.26 Å². The van der Waals surface area contributed by atoms with E-state index in [-0.39, 0.29) is 17.1 Å². The number of esters is 1. The van der Waals surface area contributed by atoms with Crippen LogP contribution in [0.1, 0.15) is 46.3 Å². The van der Waals surface area contributed by atoms with Crippen LogP contribution in [0.4, 0.5) is 0 Å². The van der Waals surface area contributed by atoms with Crippen molar-refractivity contribution in [2.75, 3.05) is 13.1 Å². The van der Waals surface area contributed by atoms with Crippen LogP contribution >= 0.6 is 0 Å². The van der Waals surface area contributed by atoms with Crippen molar-refractivity contribution in [2.45, 2.75) is 37.7 Å². The fourth-order valence-electron chi connectivity index (χ4n) is 3.23. The Morgan fingerprint density at radius 1 is 1.14 bits per heavy atom. The molecule has 0 saturated carbocycles. The van der Waals surface area contributed by atoms with Crippen molar-refractivity contribution in [1.82, 2.24) is 4.31 Å². The monoisotopic (exact) mass is 398 g/mol. The maximum absolute atomic E-state index is 13.0. The van der Waals surface area contributed by atoms with Gasteiger partial charge < -0.3 is 4.74 Å². The molecule has 1 aliphatic heterocycles. The lowest BCUT2D eigenvalue weighted by Crippen LogP contribution is -2.36. The van der Waals surface area contributed by atoms with Crippen LogP contribution in [0.25, 0.3) is 0 Å². The molecule has 3 rings (SSSR count). The zero-order valence-electron chi connectivity index (χ0n) is 15.7. The van der Waals surface area contributed by atoms with Gasteiger partial charge in [-0.1, -0.05) is 30.7 Å². The molecule has 0 amide bonds. The molecule has 1 heterocycles. The Hall–Kier alpha value is -2.69. The Balaban J connectivity index is 1.80. The molecule has 28 heavy (non-hydrogen) atoms. The Labute approximate surface area is 165 Å². The molecule has 0 aromatic heterocycles. The Kier molecular flexibility index (Phi) is 6.12. The van der Waals surface area contributed by atoms with E-state index in [4.69, 9.17) is 10.00 Å². The second-order valence-electron chi connectivity index (χ2n) is 6.79. The van der Waals surface area contributed by atoms with Gasteiger partial charge in [0.05, 0.1) is 22.1 Å². The van der Waals surface area contributed by atoms with E-state index in [1.54, 1.807) is 43.3 Å². The van der Waals surface area contributed by atoms with E-state index in [9.17, 15) is 13.2 Å². The summed E-state index contributed by atoms with van der Waals surface area (Å²) in [6.45, 7) is 2.67. The summed E-state index contributed by atoms with van der Waals surface area (Å²) in [6, 6.07) is 13.5. The molecule has 0 radical (unpaired) electrons. The summed E-state index contributed by atoms with van der Waals surface area (Å²) >= 11 is 0. The number of ether oxygens (including phenoxy) is 1. The first-order valence-corrected chi connectivity index (χ1v) is 10.6. The lowest BCUT2D eigenvalue weighted by Gasteiger charge is -2.26. The van der Waals surface area contributed by atoms with Gasteiger partial charge in [-0.05, 0) is 43.5 Å². The van der Waals surface area contributed by atoms with E-state index in [1.165, 1.54) is 10.4 Å². The first kappa shape index (κ1) is 20.1. The lowest BCUT2D eigenvalue weighted by atomic mass is 10.1. The number of benzene rings is 2. The SMILES string of the molecule is Cc1ccc(C(=O)OCc2ccccc2C#N)cc1S(=O)(=O)N1CCCCC1. The molecule has 0 N–H and O–H groups in total. The molecule has 0 bridgehead atoms. The topological polar surface area (TPSA) is 87.5 Å². The smallest absolute Gasteiger partial charge is 0.338 e. The van der Waals surface area contributed by atoms with Crippen LogP contribution in [0, 0.1) is 18.3 Å². The fourth-order valence-corrected chi connectivity index (χ4v) is 5.00. The summed E-state index contributed by atoms with van der Waals surface area (Å²) in [5.41, 5.74) is 1.81. The van der Waals surface area contributed by atoms with Crippen LogP contribution in [-0.2, 0) is 21.4 Å². The molecule has 7 heteroatoms. The third-order valence-corrected chi connectivity index (χ3v) is 6.89. The minimum Gasteiger partial charge on any atom is -0.457 e. The number of nitriles is 1. The third kappa shape index (κ3) is 4.24. The molecule has 0 unspecified atom stereocenters. The molecule has 0 spiro atoms. The van der Waals surface area contributed by atoms with Crippen LogP contribution in [0.15, 0.2) is 47.4 Å². The molecular formula is C21H22N2O4S. The second-order valence-corrected chi connectivity index (χ2v) is 8.70. The van der Waals surface area contributed by atoms with Gasteiger partial charge in [0.15, 0.2) is 0 Å². The van der Waals surface area contributed by atoms with Crippen LogP contribution in [0.3, 0.4) is 0 Å². The van der Waals surface area contributed by atoms with Crippen LogP contribution < -0.4 is 0 Å². The number of carbonyl (C=O) groups is 1. The average Bonchev–Trinajstić information content (AvgIpc) is 2.73. The number of nitrogens with zero attached hydrogens (tertiary/aromatic N) is 2. The standard InChI is InChI=1S/C21H22N2O4S/c1-16-9-10-17(13-20(16)28(25,26)23-11-5-2-6-12-23)21(24)27-15-19-8-4-3-7-18(19)14-22/h3-4,7-10,13H,2,5-6,11-12,15H2,1H3. The number of piperidine rings is 1. The third-order valence-electron chi connectivity index (χ3n) is 4.85. The van der Waals surface area contributed by atoms with Crippen molar-refractivity contribution < 1.29 is 17.9 Å². The zero-order chi connectivity index (χ0) is 20.1. The van der Waals surface area contributed by atoms with E-state index in [2.05, 4.69) is 6.07 Å². The first-order chi connectivity index (χ1) is 13.4. The Morgan fingerprint density at radius 2 is 1.86 bits per heavy atom. The van der Waals surface area contributed by atoms with Crippen molar-refractivity contribution in [3.05, 3.63) is 64.7 Å². The first-order valence-electron chi connectivity index (χ1n) is 9.19. The molecule has 2 aromatic carbocycles. The van der Waals surface area contributed by atoms with Gasteiger partial charge in [0.25, 0.3) is 0 Å². The number of hydrogen-bond acceptors (Lipinski definition) is 5. The summed E-state index contributed by atoms with van der Waals surface area (Å²) in [7, 11) is -3.64. The van der Waals surface area contributed by atoms with Gasteiger partial charge in [-0.25, -0.2) is 13.2 Å². The van der Waals surface area contributed by atoms with E-state index in [0.29, 0.717) is 29.8 Å². The summed E-state index contributed by atoms with van der Waals surface area (Å²) < 4.78 is 32.8. The number of sulfonamides is 1. The predicted octanol–water partition coefficient (Wildman–Crippen LogP) is 3.40. The van der Waals surface area contributed by atoms with Crippen LogP contribution in [0.2, 0.25) is 0 Å². The van der Waals surface area contributed by atoms with Crippen molar-refractivity contribution in [2.24, 2.45) is 0 Å². The summed E-state index contributed by atoms with van der Waals surface area (Å²) in [5, 5.41) is 9.12. The minimum absolute atomic E-state index is 0.0509. The zero-order valence-corrected chi connectivity index (χ0v) is 16.5. The van der Waals surface area contributed by atoms with E-state index >= 15 is 0 Å². The summed E-state index contributed by atoms with van der Waals surface area (Å²) in [6.07, 6.45) is 2.72. The maximum Gasteiger partial charge on any atom is 0.338 e. The van der Waals surface area contributed by atoms with Gasteiger partial charge in [0.1, 0.15) is 6.61 Å². The molecule has 1 saturated heterocycles. The number of carbonyl (C=O) groups excluding carboxylic acids is 1. The maximum atomic E-state index is 13.0. The largest absolute Gasteiger partial charge is 0.457 e. The average molecular weight is 398 g/mol. The highest BCUT2D eigenvalue weighted by molar-refractivity contribution is 7.89. The second kappa shape index (κ2) is 8.55. The predicted molar refractivity (Wildman–Crippen MR) is 104 cm³/mol. The number of aryl methyl sites for hydroxylation is 1. The van der Waals surface area contributed by atoms with Crippen LogP contribution in [0.5, 0.6) is 0 Å². The summed E-state index contributed by atoms with van der Waals surface area (Å²) in [4.78, 5) is 12.6. The van der Waals surface area contributed by atoms with Gasteiger partial charge in [-0.3, -0.25) is 0 Å².